The SMILES string of the molecule is CC1=CCC(C)(Nc2ccc(Nc3ccccc3)cc2)C=C1. The monoisotopic (exact) mass is 290 g/mol. The molecule has 2 aromatic rings. The van der Waals surface area contributed by atoms with Crippen LogP contribution in [0.1, 0.15) is 20.3 Å². The highest BCUT2D eigenvalue weighted by molar-refractivity contribution is 5.63. The quantitative estimate of drug-likeness (QED) is 0.776. The largest absolute Gasteiger partial charge is 0.376 e. The Hall–Kier alpha value is -2.48. The number of benzene rings is 2. The Labute approximate surface area is 132 Å². The normalized spacial score (nSPS) is 20.4. The first-order valence-electron chi connectivity index (χ1n) is 7.69. The lowest BCUT2D eigenvalue weighted by molar-refractivity contribution is 0.637. The molecule has 0 heterocycles. The maximum absolute atomic E-state index is 3.61. The van der Waals surface area contributed by atoms with Crippen molar-refractivity contribution in [2.24, 2.45) is 0 Å². The van der Waals surface area contributed by atoms with Crippen LogP contribution >= 0.6 is 0 Å². The molecule has 3 rings (SSSR count). The fraction of sp³-hybridized carbons (Fsp3) is 0.200. The van der Waals surface area contributed by atoms with Gasteiger partial charge in [0.05, 0.1) is 5.54 Å². The molecule has 1 unspecified atom stereocenters. The average molecular weight is 290 g/mol. The summed E-state index contributed by atoms with van der Waals surface area (Å²) in [6.45, 7) is 4.36. The highest BCUT2D eigenvalue weighted by atomic mass is 15.0. The summed E-state index contributed by atoms with van der Waals surface area (Å²) in [4.78, 5) is 0. The molecular formula is C20H22N2. The van der Waals surface area contributed by atoms with Gasteiger partial charge in [-0.2, -0.15) is 0 Å². The molecule has 2 heteroatoms. The molecule has 22 heavy (non-hydrogen) atoms. The Morgan fingerprint density at radius 3 is 2.14 bits per heavy atom. The maximum Gasteiger partial charge on any atom is 0.0565 e. The van der Waals surface area contributed by atoms with E-state index >= 15 is 0 Å². The minimum absolute atomic E-state index is 0.00607. The van der Waals surface area contributed by atoms with Crippen molar-refractivity contribution < 1.29 is 0 Å². The van der Waals surface area contributed by atoms with Crippen LogP contribution in [0.2, 0.25) is 0 Å². The lowest BCUT2D eigenvalue weighted by Gasteiger charge is -2.30. The van der Waals surface area contributed by atoms with Gasteiger partial charge in [-0.05, 0) is 56.7 Å². The molecule has 2 aromatic carbocycles. The summed E-state index contributed by atoms with van der Waals surface area (Å²) in [6.07, 6.45) is 7.72. The standard InChI is InChI=1S/C20H22N2/c1-16-12-14-20(2,15-13-16)22-19-10-8-18(9-11-19)21-17-6-4-3-5-7-17/h3-14,21-22H,15H2,1-2H3. The zero-order valence-corrected chi connectivity index (χ0v) is 13.1. The van der Waals surface area contributed by atoms with E-state index in [2.05, 4.69) is 79.1 Å². The molecule has 2 nitrogen and oxygen atoms in total. The third-order valence-corrected chi connectivity index (χ3v) is 3.94. The average Bonchev–Trinajstić information content (AvgIpc) is 2.54. The molecule has 0 amide bonds. The summed E-state index contributed by atoms with van der Waals surface area (Å²) >= 11 is 0. The molecule has 1 aliphatic rings. The van der Waals surface area contributed by atoms with Crippen molar-refractivity contribution in [1.82, 2.24) is 0 Å². The van der Waals surface area contributed by atoms with Crippen molar-refractivity contribution in [3.05, 3.63) is 78.4 Å². The van der Waals surface area contributed by atoms with E-state index in [0.717, 1.165) is 23.5 Å². The Morgan fingerprint density at radius 2 is 1.50 bits per heavy atom. The van der Waals surface area contributed by atoms with Gasteiger partial charge in [0.25, 0.3) is 0 Å². The van der Waals surface area contributed by atoms with E-state index in [1.807, 2.05) is 18.2 Å². The summed E-state index contributed by atoms with van der Waals surface area (Å²) < 4.78 is 0. The van der Waals surface area contributed by atoms with Crippen LogP contribution in [-0.2, 0) is 0 Å². The second-order valence-electron chi connectivity index (χ2n) is 6.10. The molecule has 0 spiro atoms. The lowest BCUT2D eigenvalue weighted by Crippen LogP contribution is -2.32. The summed E-state index contributed by atoms with van der Waals surface area (Å²) in [7, 11) is 0. The van der Waals surface area contributed by atoms with Crippen LogP contribution in [0.5, 0.6) is 0 Å². The molecule has 0 bridgehead atoms. The van der Waals surface area contributed by atoms with Crippen LogP contribution in [0, 0.1) is 0 Å². The number of anilines is 3. The maximum atomic E-state index is 3.61. The Morgan fingerprint density at radius 1 is 0.864 bits per heavy atom. The van der Waals surface area contributed by atoms with Crippen LogP contribution in [0.25, 0.3) is 0 Å². The van der Waals surface area contributed by atoms with Gasteiger partial charge in [-0.1, -0.05) is 42.0 Å². The van der Waals surface area contributed by atoms with Gasteiger partial charge in [-0.15, -0.1) is 0 Å². The van der Waals surface area contributed by atoms with Crippen LogP contribution in [0.15, 0.2) is 78.4 Å². The van der Waals surface area contributed by atoms with Gasteiger partial charge in [0.15, 0.2) is 0 Å². The topological polar surface area (TPSA) is 24.1 Å². The second kappa shape index (κ2) is 6.10. The number of nitrogens with one attached hydrogen (secondary N) is 2. The minimum atomic E-state index is -0.00607. The number of hydrogen-bond donors (Lipinski definition) is 2. The van der Waals surface area contributed by atoms with Gasteiger partial charge in [0.2, 0.25) is 0 Å². The number of rotatable bonds is 4. The Bertz CT molecular complexity index is 683. The van der Waals surface area contributed by atoms with Gasteiger partial charge in [0, 0.05) is 17.1 Å². The molecule has 0 fully saturated rings. The first kappa shape index (κ1) is 14.5. The summed E-state index contributed by atoms with van der Waals surface area (Å²) in [5.74, 6) is 0. The van der Waals surface area contributed by atoms with E-state index in [0.29, 0.717) is 0 Å². The molecule has 1 aliphatic carbocycles. The predicted octanol–water partition coefficient (Wildman–Crippen LogP) is 5.51. The Balaban J connectivity index is 1.66. The third-order valence-electron chi connectivity index (χ3n) is 3.94. The Kier molecular flexibility index (Phi) is 4.01. The smallest absolute Gasteiger partial charge is 0.0565 e. The van der Waals surface area contributed by atoms with Crippen molar-refractivity contribution in [2.45, 2.75) is 25.8 Å². The zero-order chi connectivity index (χ0) is 15.4. The molecule has 0 aromatic heterocycles. The minimum Gasteiger partial charge on any atom is -0.376 e. The van der Waals surface area contributed by atoms with Crippen LogP contribution in [-0.4, -0.2) is 5.54 Å². The fourth-order valence-corrected chi connectivity index (χ4v) is 2.57. The van der Waals surface area contributed by atoms with Crippen molar-refractivity contribution in [3.63, 3.8) is 0 Å². The molecule has 0 radical (unpaired) electrons. The molecule has 0 saturated heterocycles. The van der Waals surface area contributed by atoms with Crippen LogP contribution in [0.4, 0.5) is 17.1 Å². The highest BCUT2D eigenvalue weighted by Crippen LogP contribution is 2.26. The molecular weight excluding hydrogens is 268 g/mol. The third kappa shape index (κ3) is 3.59. The van der Waals surface area contributed by atoms with E-state index < -0.39 is 0 Å². The first-order valence-corrected chi connectivity index (χ1v) is 7.69. The molecule has 112 valence electrons. The van der Waals surface area contributed by atoms with Crippen molar-refractivity contribution in [3.8, 4) is 0 Å². The van der Waals surface area contributed by atoms with Gasteiger partial charge in [0.1, 0.15) is 0 Å². The second-order valence-corrected chi connectivity index (χ2v) is 6.10. The van der Waals surface area contributed by atoms with Gasteiger partial charge in [-0.3, -0.25) is 0 Å². The van der Waals surface area contributed by atoms with Crippen LogP contribution in [0.3, 0.4) is 0 Å². The van der Waals surface area contributed by atoms with E-state index in [9.17, 15) is 0 Å². The van der Waals surface area contributed by atoms with Crippen molar-refractivity contribution >= 4 is 17.1 Å². The van der Waals surface area contributed by atoms with Gasteiger partial charge >= 0.3 is 0 Å². The molecule has 0 aliphatic heterocycles. The highest BCUT2D eigenvalue weighted by Gasteiger charge is 2.21. The summed E-state index contributed by atoms with van der Waals surface area (Å²) in [5.41, 5.74) is 4.66. The van der Waals surface area contributed by atoms with E-state index in [1.165, 1.54) is 5.57 Å². The fourth-order valence-electron chi connectivity index (χ4n) is 2.57. The first-order chi connectivity index (χ1) is 10.6. The van der Waals surface area contributed by atoms with E-state index in [4.69, 9.17) is 0 Å². The zero-order valence-electron chi connectivity index (χ0n) is 13.1. The summed E-state index contributed by atoms with van der Waals surface area (Å²) in [5, 5.41) is 7.01. The van der Waals surface area contributed by atoms with Crippen LogP contribution < -0.4 is 10.6 Å². The number of hydrogen-bond acceptors (Lipinski definition) is 2. The van der Waals surface area contributed by atoms with Gasteiger partial charge < -0.3 is 10.6 Å². The predicted molar refractivity (Wildman–Crippen MR) is 95.7 cm³/mol. The van der Waals surface area contributed by atoms with Gasteiger partial charge in [-0.25, -0.2) is 0 Å². The van der Waals surface area contributed by atoms with E-state index in [-0.39, 0.29) is 5.54 Å². The number of para-hydroxylation sites is 1. The summed E-state index contributed by atoms with van der Waals surface area (Å²) in [6, 6.07) is 18.7. The van der Waals surface area contributed by atoms with E-state index in [1.54, 1.807) is 0 Å². The number of allylic oxidation sites excluding steroid dienone is 2. The lowest BCUT2D eigenvalue weighted by atomic mass is 9.90. The molecule has 2 N–H and O–H groups in total. The molecule has 1 atom stereocenters. The van der Waals surface area contributed by atoms with Crippen molar-refractivity contribution in [1.29, 1.82) is 0 Å². The van der Waals surface area contributed by atoms with Crippen molar-refractivity contribution in [2.75, 3.05) is 10.6 Å². The molecule has 0 saturated carbocycles.